The van der Waals surface area contributed by atoms with Gasteiger partial charge >= 0.3 is 11.4 Å². The third-order valence-corrected chi connectivity index (χ3v) is 7.26. The predicted molar refractivity (Wildman–Crippen MR) is 152 cm³/mol. The van der Waals surface area contributed by atoms with E-state index in [1.54, 1.807) is 0 Å². The minimum Gasteiger partial charge on any atom is -0.323 e. The van der Waals surface area contributed by atoms with Gasteiger partial charge in [0.05, 0.1) is 0 Å². The molecule has 0 fully saturated rings. The van der Waals surface area contributed by atoms with Gasteiger partial charge in [-0.05, 0) is 48.9 Å². The molecule has 4 aromatic heterocycles. The van der Waals surface area contributed by atoms with E-state index in [0.717, 1.165) is 44.9 Å². The van der Waals surface area contributed by atoms with Crippen LogP contribution in [0.2, 0.25) is 10.6 Å². The second-order valence-electron chi connectivity index (χ2n) is 9.71. The standard InChI is InChI=1S/C25H34Cl2N8O4/c1-3-5-12-32-18-16(28-22(26)30-18)20(36)34(24(32)38)14-10-8-7-9-11-15-35-21(37)17-19(31-23(27)29-17)33(25(35)39)13-6-4-2/h3-15H2,1-2H3,(H,28,30)(H,29,31). The van der Waals surface area contributed by atoms with Crippen LogP contribution >= 0.6 is 23.2 Å². The quantitative estimate of drug-likeness (QED) is 0.172. The van der Waals surface area contributed by atoms with Gasteiger partial charge in [-0.3, -0.25) is 27.9 Å². The molecule has 0 aliphatic heterocycles. The summed E-state index contributed by atoms with van der Waals surface area (Å²) in [6, 6.07) is 0. The summed E-state index contributed by atoms with van der Waals surface area (Å²) in [7, 11) is 0. The Morgan fingerprint density at radius 2 is 0.923 bits per heavy atom. The molecule has 0 spiro atoms. The van der Waals surface area contributed by atoms with Gasteiger partial charge in [0.1, 0.15) is 0 Å². The third kappa shape index (κ3) is 6.06. The maximum absolute atomic E-state index is 13.0. The van der Waals surface area contributed by atoms with Crippen LogP contribution in [0.15, 0.2) is 19.2 Å². The average molecular weight is 582 g/mol. The normalized spacial score (nSPS) is 11.8. The number of aromatic amines is 2. The minimum absolute atomic E-state index is 0.0792. The van der Waals surface area contributed by atoms with Crippen molar-refractivity contribution in [3.63, 3.8) is 0 Å². The summed E-state index contributed by atoms with van der Waals surface area (Å²) in [5.41, 5.74) is -0.541. The van der Waals surface area contributed by atoms with Crippen molar-refractivity contribution in [2.45, 2.75) is 97.8 Å². The van der Waals surface area contributed by atoms with Gasteiger partial charge in [0.25, 0.3) is 11.1 Å². The third-order valence-electron chi connectivity index (χ3n) is 6.90. The number of halogens is 2. The van der Waals surface area contributed by atoms with Crippen LogP contribution in [0.1, 0.15) is 71.6 Å². The van der Waals surface area contributed by atoms with Gasteiger partial charge in [-0.2, -0.15) is 9.97 Å². The molecule has 0 unspecified atom stereocenters. The van der Waals surface area contributed by atoms with Gasteiger partial charge in [-0.1, -0.05) is 46.0 Å². The molecule has 0 aliphatic rings. The van der Waals surface area contributed by atoms with Gasteiger partial charge in [0, 0.05) is 26.2 Å². The van der Waals surface area contributed by atoms with E-state index in [1.165, 1.54) is 18.3 Å². The van der Waals surface area contributed by atoms with Crippen molar-refractivity contribution in [2.24, 2.45) is 0 Å². The first-order valence-electron chi connectivity index (χ1n) is 13.6. The first-order chi connectivity index (χ1) is 18.8. The van der Waals surface area contributed by atoms with Crippen molar-refractivity contribution in [3.05, 3.63) is 52.2 Å². The summed E-state index contributed by atoms with van der Waals surface area (Å²) in [4.78, 5) is 65.7. The van der Waals surface area contributed by atoms with E-state index in [0.29, 0.717) is 37.2 Å². The summed E-state index contributed by atoms with van der Waals surface area (Å²) in [5, 5.41) is 0.158. The number of imidazole rings is 2. The Kier molecular flexibility index (Phi) is 9.49. The van der Waals surface area contributed by atoms with Gasteiger partial charge in [-0.25, -0.2) is 9.59 Å². The number of nitrogens with one attached hydrogen (secondary N) is 2. The predicted octanol–water partition coefficient (Wildman–Crippen LogP) is 3.64. The van der Waals surface area contributed by atoms with Crippen LogP contribution in [0.4, 0.5) is 0 Å². The molecule has 0 saturated carbocycles. The van der Waals surface area contributed by atoms with Crippen LogP contribution in [-0.4, -0.2) is 38.2 Å². The molecule has 4 heterocycles. The highest BCUT2D eigenvalue weighted by Crippen LogP contribution is 2.12. The van der Waals surface area contributed by atoms with E-state index in [4.69, 9.17) is 23.2 Å². The molecule has 0 radical (unpaired) electrons. The molecule has 4 rings (SSSR count). The summed E-state index contributed by atoms with van der Waals surface area (Å²) >= 11 is 12.0. The molecule has 0 aromatic carbocycles. The smallest absolute Gasteiger partial charge is 0.323 e. The summed E-state index contributed by atoms with van der Waals surface area (Å²) < 4.78 is 5.51. The van der Waals surface area contributed by atoms with Crippen molar-refractivity contribution >= 4 is 45.5 Å². The fraction of sp³-hybridized carbons (Fsp3) is 0.600. The Morgan fingerprint density at radius 3 is 1.31 bits per heavy atom. The number of rotatable bonds is 14. The number of aromatic nitrogens is 8. The van der Waals surface area contributed by atoms with Crippen molar-refractivity contribution in [3.8, 4) is 0 Å². The van der Waals surface area contributed by atoms with E-state index in [-0.39, 0.29) is 46.1 Å². The molecule has 0 aliphatic carbocycles. The molecule has 0 amide bonds. The molecule has 4 aromatic rings. The molecule has 0 saturated heterocycles. The number of hydrogen-bond donors (Lipinski definition) is 2. The molecular formula is C25H34Cl2N8O4. The Labute approximate surface area is 233 Å². The van der Waals surface area contributed by atoms with Gasteiger partial charge in [-0.15, -0.1) is 0 Å². The van der Waals surface area contributed by atoms with Crippen molar-refractivity contribution in [2.75, 3.05) is 0 Å². The average Bonchev–Trinajstić information content (AvgIpc) is 3.49. The van der Waals surface area contributed by atoms with Crippen LogP contribution in [0.5, 0.6) is 0 Å². The molecule has 39 heavy (non-hydrogen) atoms. The monoisotopic (exact) mass is 580 g/mol. The van der Waals surface area contributed by atoms with Crippen LogP contribution in [0, 0.1) is 0 Å². The van der Waals surface area contributed by atoms with Crippen LogP contribution in [0.3, 0.4) is 0 Å². The number of hydrogen-bond acceptors (Lipinski definition) is 6. The van der Waals surface area contributed by atoms with Gasteiger partial charge < -0.3 is 9.97 Å². The number of unbranched alkanes of at least 4 members (excludes halogenated alkanes) is 6. The maximum Gasteiger partial charge on any atom is 0.332 e. The van der Waals surface area contributed by atoms with E-state index < -0.39 is 11.1 Å². The Hall–Kier alpha value is -3.12. The largest absolute Gasteiger partial charge is 0.332 e. The Balaban J connectivity index is 1.38. The molecule has 0 atom stereocenters. The Morgan fingerprint density at radius 1 is 0.564 bits per heavy atom. The fourth-order valence-corrected chi connectivity index (χ4v) is 5.13. The van der Waals surface area contributed by atoms with E-state index in [1.807, 2.05) is 13.8 Å². The lowest BCUT2D eigenvalue weighted by molar-refractivity contribution is 0.488. The second kappa shape index (κ2) is 12.8. The lowest BCUT2D eigenvalue weighted by Gasteiger charge is -2.11. The topological polar surface area (TPSA) is 145 Å². The minimum atomic E-state index is -0.421. The zero-order valence-electron chi connectivity index (χ0n) is 22.3. The van der Waals surface area contributed by atoms with E-state index >= 15 is 0 Å². The summed E-state index contributed by atoms with van der Waals surface area (Å²) in [6.45, 7) is 5.55. The lowest BCUT2D eigenvalue weighted by Crippen LogP contribution is -2.40. The van der Waals surface area contributed by atoms with Crippen LogP contribution < -0.4 is 22.5 Å². The number of nitrogens with zero attached hydrogens (tertiary/aromatic N) is 6. The zero-order chi connectivity index (χ0) is 28.1. The number of fused-ring (bicyclic) bond motifs is 2. The summed E-state index contributed by atoms with van der Waals surface area (Å²) in [6.07, 6.45) is 7.03. The van der Waals surface area contributed by atoms with Gasteiger partial charge in [0.15, 0.2) is 22.3 Å². The highest BCUT2D eigenvalue weighted by Gasteiger charge is 2.18. The Bertz CT molecular complexity index is 1570. The number of H-pyrrole nitrogens is 2. The molecule has 2 N–H and O–H groups in total. The second-order valence-corrected chi connectivity index (χ2v) is 10.4. The maximum atomic E-state index is 13.0. The van der Waals surface area contributed by atoms with E-state index in [9.17, 15) is 19.2 Å². The molecule has 0 bridgehead atoms. The van der Waals surface area contributed by atoms with Crippen molar-refractivity contribution < 1.29 is 0 Å². The summed E-state index contributed by atoms with van der Waals surface area (Å²) in [5.74, 6) is 0. The van der Waals surface area contributed by atoms with Gasteiger partial charge in [0.2, 0.25) is 10.6 Å². The first-order valence-corrected chi connectivity index (χ1v) is 14.3. The molecule has 212 valence electrons. The first kappa shape index (κ1) is 28.9. The van der Waals surface area contributed by atoms with Crippen LogP contribution in [0.25, 0.3) is 22.3 Å². The molecule has 14 heteroatoms. The lowest BCUT2D eigenvalue weighted by atomic mass is 10.1. The highest BCUT2D eigenvalue weighted by atomic mass is 35.5. The molecule has 12 nitrogen and oxygen atoms in total. The zero-order valence-corrected chi connectivity index (χ0v) is 23.8. The van der Waals surface area contributed by atoms with Crippen molar-refractivity contribution in [1.29, 1.82) is 0 Å². The number of aryl methyl sites for hydroxylation is 2. The van der Waals surface area contributed by atoms with Crippen molar-refractivity contribution in [1.82, 2.24) is 38.2 Å². The molecular weight excluding hydrogens is 547 g/mol. The van der Waals surface area contributed by atoms with Crippen LogP contribution in [-0.2, 0) is 26.2 Å². The SMILES string of the molecule is CCCCn1c(=O)n(CCCCCCCn2c(=O)c3[nH]c(Cl)nc3n(CCCC)c2=O)c(=O)c2[nH]c(Cl)nc21. The van der Waals surface area contributed by atoms with E-state index in [2.05, 4.69) is 19.9 Å². The highest BCUT2D eigenvalue weighted by molar-refractivity contribution is 6.29. The fourth-order valence-electron chi connectivity index (χ4n) is 4.78.